The zero-order chi connectivity index (χ0) is 16.3. The summed E-state index contributed by atoms with van der Waals surface area (Å²) in [5.41, 5.74) is 0.875. The van der Waals surface area contributed by atoms with Crippen LogP contribution in [0.1, 0.15) is 32.7 Å². The molecule has 0 amide bonds. The number of rotatable bonds is 7. The summed E-state index contributed by atoms with van der Waals surface area (Å²) in [5.74, 6) is -0.943. The molecule has 22 heavy (non-hydrogen) atoms. The van der Waals surface area contributed by atoms with Gasteiger partial charge in [0.2, 0.25) is 10.0 Å². The normalized spacial score (nSPS) is 12.1. The summed E-state index contributed by atoms with van der Waals surface area (Å²) in [5, 5.41) is 13.5. The van der Waals surface area contributed by atoms with E-state index < -0.39 is 16.0 Å². The third-order valence-corrected chi connectivity index (χ3v) is 4.68. The zero-order valence-electron chi connectivity index (χ0n) is 12.5. The second kappa shape index (κ2) is 6.45. The first-order valence-electron chi connectivity index (χ1n) is 7.00. The lowest BCUT2D eigenvalue weighted by Gasteiger charge is -2.08. The molecule has 1 aromatic carbocycles. The SMILES string of the molecule is CC(C)n1ncc2cc(S(=O)(=O)NCCCC(=O)O)ccc21. The van der Waals surface area contributed by atoms with Crippen LogP contribution in [0.4, 0.5) is 0 Å². The number of benzene rings is 1. The monoisotopic (exact) mass is 325 g/mol. The second-order valence-electron chi connectivity index (χ2n) is 5.30. The Kier molecular flexibility index (Phi) is 4.82. The van der Waals surface area contributed by atoms with E-state index in [0.29, 0.717) is 0 Å². The molecule has 0 fully saturated rings. The van der Waals surface area contributed by atoms with Gasteiger partial charge in [-0.1, -0.05) is 0 Å². The Morgan fingerprint density at radius 1 is 1.41 bits per heavy atom. The molecule has 2 N–H and O–H groups in total. The van der Waals surface area contributed by atoms with Crippen molar-refractivity contribution >= 4 is 26.9 Å². The fraction of sp³-hybridized carbons (Fsp3) is 0.429. The largest absolute Gasteiger partial charge is 0.481 e. The van der Waals surface area contributed by atoms with Crippen LogP contribution in [0.5, 0.6) is 0 Å². The van der Waals surface area contributed by atoms with Crippen molar-refractivity contribution in [2.75, 3.05) is 6.54 Å². The smallest absolute Gasteiger partial charge is 0.303 e. The molecule has 0 aliphatic carbocycles. The van der Waals surface area contributed by atoms with E-state index in [0.717, 1.165) is 10.9 Å². The van der Waals surface area contributed by atoms with E-state index in [1.165, 1.54) is 6.07 Å². The van der Waals surface area contributed by atoms with Gasteiger partial charge in [-0.15, -0.1) is 0 Å². The average molecular weight is 325 g/mol. The van der Waals surface area contributed by atoms with Crippen LogP contribution in [0.25, 0.3) is 10.9 Å². The van der Waals surface area contributed by atoms with E-state index in [2.05, 4.69) is 9.82 Å². The minimum atomic E-state index is -3.64. The van der Waals surface area contributed by atoms with Gasteiger partial charge in [-0.25, -0.2) is 13.1 Å². The molecular formula is C14H19N3O4S. The molecule has 120 valence electrons. The summed E-state index contributed by atoms with van der Waals surface area (Å²) in [6, 6.07) is 5.02. The first-order valence-corrected chi connectivity index (χ1v) is 8.48. The van der Waals surface area contributed by atoms with Crippen LogP contribution < -0.4 is 4.72 Å². The number of nitrogens with one attached hydrogen (secondary N) is 1. The summed E-state index contributed by atoms with van der Waals surface area (Å²) in [6.45, 7) is 4.10. The van der Waals surface area contributed by atoms with Crippen molar-refractivity contribution in [3.63, 3.8) is 0 Å². The molecule has 0 unspecified atom stereocenters. The third kappa shape index (κ3) is 3.63. The molecule has 0 saturated heterocycles. The highest BCUT2D eigenvalue weighted by atomic mass is 32.2. The number of aromatic nitrogens is 2. The molecule has 0 atom stereocenters. The van der Waals surface area contributed by atoms with Crippen LogP contribution in [-0.2, 0) is 14.8 Å². The van der Waals surface area contributed by atoms with Gasteiger partial charge < -0.3 is 5.11 Å². The van der Waals surface area contributed by atoms with E-state index in [1.54, 1.807) is 18.3 Å². The lowest BCUT2D eigenvalue weighted by molar-refractivity contribution is -0.137. The van der Waals surface area contributed by atoms with Gasteiger partial charge in [-0.2, -0.15) is 5.10 Å². The highest BCUT2D eigenvalue weighted by Gasteiger charge is 2.15. The minimum absolute atomic E-state index is 0.0668. The fourth-order valence-corrected chi connectivity index (χ4v) is 3.25. The highest BCUT2D eigenvalue weighted by molar-refractivity contribution is 7.89. The zero-order valence-corrected chi connectivity index (χ0v) is 13.3. The van der Waals surface area contributed by atoms with Crippen molar-refractivity contribution in [1.82, 2.24) is 14.5 Å². The third-order valence-electron chi connectivity index (χ3n) is 3.23. The Balaban J connectivity index is 2.17. The van der Waals surface area contributed by atoms with Crippen molar-refractivity contribution in [2.45, 2.75) is 37.6 Å². The van der Waals surface area contributed by atoms with Gasteiger partial charge in [0.05, 0.1) is 16.6 Å². The van der Waals surface area contributed by atoms with Crippen LogP contribution in [0.15, 0.2) is 29.3 Å². The van der Waals surface area contributed by atoms with Crippen molar-refractivity contribution in [2.24, 2.45) is 0 Å². The Hall–Kier alpha value is -1.93. The predicted octanol–water partition coefficient (Wildman–Crippen LogP) is 1.76. The summed E-state index contributed by atoms with van der Waals surface area (Å²) < 4.78 is 28.6. The maximum Gasteiger partial charge on any atom is 0.303 e. The van der Waals surface area contributed by atoms with Crippen LogP contribution in [0, 0.1) is 0 Å². The number of carbonyl (C=O) groups is 1. The van der Waals surface area contributed by atoms with Gasteiger partial charge in [0.25, 0.3) is 0 Å². The van der Waals surface area contributed by atoms with Gasteiger partial charge in [-0.3, -0.25) is 9.48 Å². The topological polar surface area (TPSA) is 101 Å². The molecule has 8 heteroatoms. The lowest BCUT2D eigenvalue weighted by Crippen LogP contribution is -2.25. The van der Waals surface area contributed by atoms with Gasteiger partial charge in [0, 0.05) is 24.4 Å². The first kappa shape index (κ1) is 16.4. The second-order valence-corrected chi connectivity index (χ2v) is 7.07. The Morgan fingerprint density at radius 3 is 2.77 bits per heavy atom. The molecule has 7 nitrogen and oxygen atoms in total. The molecule has 0 saturated carbocycles. The summed E-state index contributed by atoms with van der Waals surface area (Å²) >= 11 is 0. The van der Waals surface area contributed by atoms with Crippen LogP contribution in [0.2, 0.25) is 0 Å². The molecule has 2 rings (SSSR count). The van der Waals surface area contributed by atoms with Gasteiger partial charge in [-0.05, 0) is 38.5 Å². The lowest BCUT2D eigenvalue weighted by atomic mass is 10.2. The maximum absolute atomic E-state index is 12.2. The predicted molar refractivity (Wildman–Crippen MR) is 82.2 cm³/mol. The molecule has 0 spiro atoms. The summed E-state index contributed by atoms with van der Waals surface area (Å²) in [7, 11) is -3.64. The number of sulfonamides is 1. The van der Waals surface area contributed by atoms with Crippen LogP contribution in [-0.4, -0.2) is 35.8 Å². The van der Waals surface area contributed by atoms with Gasteiger partial charge in [0.1, 0.15) is 0 Å². The Morgan fingerprint density at radius 2 is 2.14 bits per heavy atom. The van der Waals surface area contributed by atoms with E-state index >= 15 is 0 Å². The Labute approximate surface area is 129 Å². The maximum atomic E-state index is 12.2. The summed E-state index contributed by atoms with van der Waals surface area (Å²) in [4.78, 5) is 10.6. The molecule has 0 radical (unpaired) electrons. The van der Waals surface area contributed by atoms with Gasteiger partial charge in [0.15, 0.2) is 0 Å². The number of carboxylic acid groups (broad SMARTS) is 1. The number of hydrogen-bond acceptors (Lipinski definition) is 4. The highest BCUT2D eigenvalue weighted by Crippen LogP contribution is 2.21. The van der Waals surface area contributed by atoms with Crippen molar-refractivity contribution in [3.8, 4) is 0 Å². The van der Waals surface area contributed by atoms with Crippen LogP contribution >= 0.6 is 0 Å². The standard InChI is InChI=1S/C14H19N3O4S/c1-10(2)17-13-6-5-12(8-11(13)9-15-17)22(20,21)16-7-3-4-14(18)19/h5-6,8-10,16H,3-4,7H2,1-2H3,(H,18,19). The number of hydrogen-bond donors (Lipinski definition) is 2. The molecule has 0 bridgehead atoms. The van der Waals surface area contributed by atoms with Crippen molar-refractivity contribution in [3.05, 3.63) is 24.4 Å². The minimum Gasteiger partial charge on any atom is -0.481 e. The number of carboxylic acids is 1. The van der Waals surface area contributed by atoms with E-state index in [9.17, 15) is 13.2 Å². The summed E-state index contributed by atoms with van der Waals surface area (Å²) in [6.07, 6.45) is 1.82. The average Bonchev–Trinajstić information content (AvgIpc) is 2.86. The number of nitrogens with zero attached hydrogens (tertiary/aromatic N) is 2. The molecule has 0 aliphatic rings. The van der Waals surface area contributed by atoms with Crippen molar-refractivity contribution in [1.29, 1.82) is 0 Å². The quantitative estimate of drug-likeness (QED) is 0.755. The molecule has 1 aromatic heterocycles. The van der Waals surface area contributed by atoms with Crippen LogP contribution in [0.3, 0.4) is 0 Å². The molecular weight excluding hydrogens is 306 g/mol. The number of fused-ring (bicyclic) bond motifs is 1. The fourth-order valence-electron chi connectivity index (χ4n) is 2.14. The van der Waals surface area contributed by atoms with Gasteiger partial charge >= 0.3 is 5.97 Å². The number of aliphatic carboxylic acids is 1. The molecule has 0 aliphatic heterocycles. The van der Waals surface area contributed by atoms with E-state index in [1.807, 2.05) is 18.5 Å². The van der Waals surface area contributed by atoms with Crippen molar-refractivity contribution < 1.29 is 18.3 Å². The van der Waals surface area contributed by atoms with E-state index in [4.69, 9.17) is 5.11 Å². The van der Waals surface area contributed by atoms with E-state index in [-0.39, 0.29) is 30.3 Å². The Bertz CT molecular complexity index is 780. The first-order chi connectivity index (χ1) is 10.3. The molecule has 2 aromatic rings. The molecule has 1 heterocycles.